The van der Waals surface area contributed by atoms with E-state index < -0.39 is 6.10 Å². The van der Waals surface area contributed by atoms with Crippen molar-refractivity contribution >= 4 is 11.6 Å². The lowest BCUT2D eigenvalue weighted by Gasteiger charge is -2.24. The molecule has 0 bridgehead atoms. The third-order valence-electron chi connectivity index (χ3n) is 4.14. The third kappa shape index (κ3) is 3.46. The van der Waals surface area contributed by atoms with E-state index in [1.54, 1.807) is 6.07 Å². The molecule has 0 fully saturated rings. The van der Waals surface area contributed by atoms with Crippen molar-refractivity contribution in [3.8, 4) is 0 Å². The average molecular weight is 304 g/mol. The second kappa shape index (κ2) is 6.61. The molecule has 2 unspecified atom stereocenters. The van der Waals surface area contributed by atoms with Crippen molar-refractivity contribution in [2.24, 2.45) is 5.73 Å². The molecule has 2 nitrogen and oxygen atoms in total. The number of halogens is 1. The Morgan fingerprint density at radius 2 is 1.71 bits per heavy atom. The molecule has 0 aromatic heterocycles. The van der Waals surface area contributed by atoms with Crippen LogP contribution in [0.25, 0.3) is 0 Å². The summed E-state index contributed by atoms with van der Waals surface area (Å²) in [6, 6.07) is 11.8. The normalized spacial score (nSPS) is 14.0. The molecule has 0 heterocycles. The predicted molar refractivity (Wildman–Crippen MR) is 88.9 cm³/mol. The molecule has 0 aliphatic carbocycles. The maximum Gasteiger partial charge on any atom is 0.0873 e. The van der Waals surface area contributed by atoms with Gasteiger partial charge >= 0.3 is 0 Å². The molecule has 2 atom stereocenters. The summed E-state index contributed by atoms with van der Waals surface area (Å²) in [7, 11) is 0. The van der Waals surface area contributed by atoms with E-state index in [0.29, 0.717) is 11.6 Å². The van der Waals surface area contributed by atoms with Crippen molar-refractivity contribution in [2.45, 2.75) is 32.8 Å². The van der Waals surface area contributed by atoms with Crippen LogP contribution < -0.4 is 5.73 Å². The summed E-state index contributed by atoms with van der Waals surface area (Å²) in [5, 5.41) is 11.4. The number of rotatable bonds is 4. The van der Waals surface area contributed by atoms with Crippen LogP contribution in [0.5, 0.6) is 0 Å². The summed E-state index contributed by atoms with van der Waals surface area (Å²) in [6.45, 7) is 6.51. The molecule has 0 amide bonds. The lowest BCUT2D eigenvalue weighted by Crippen LogP contribution is -2.21. The molecule has 3 heteroatoms. The van der Waals surface area contributed by atoms with E-state index in [9.17, 15) is 5.11 Å². The lowest BCUT2D eigenvalue weighted by atomic mass is 9.86. The number of aliphatic hydroxyl groups is 1. The van der Waals surface area contributed by atoms with Crippen LogP contribution in [0.4, 0.5) is 0 Å². The van der Waals surface area contributed by atoms with E-state index in [1.165, 1.54) is 11.1 Å². The Kier molecular flexibility index (Phi) is 5.04. The SMILES string of the molecule is Cc1ccc(C(CN)C(O)c2ccc(Cl)cc2C)cc1C. The smallest absolute Gasteiger partial charge is 0.0873 e. The summed E-state index contributed by atoms with van der Waals surface area (Å²) in [6.07, 6.45) is -0.630. The van der Waals surface area contributed by atoms with Gasteiger partial charge in [0, 0.05) is 17.5 Å². The number of aryl methyl sites for hydroxylation is 3. The van der Waals surface area contributed by atoms with E-state index in [2.05, 4.69) is 26.0 Å². The van der Waals surface area contributed by atoms with E-state index >= 15 is 0 Å². The molecule has 2 rings (SSSR count). The van der Waals surface area contributed by atoms with Gasteiger partial charge in [0.2, 0.25) is 0 Å². The zero-order valence-corrected chi connectivity index (χ0v) is 13.5. The van der Waals surface area contributed by atoms with Gasteiger partial charge in [-0.2, -0.15) is 0 Å². The summed E-state index contributed by atoms with van der Waals surface area (Å²) in [5.41, 5.74) is 11.3. The van der Waals surface area contributed by atoms with Gasteiger partial charge in [-0.1, -0.05) is 35.9 Å². The van der Waals surface area contributed by atoms with Crippen LogP contribution in [0.15, 0.2) is 36.4 Å². The summed E-state index contributed by atoms with van der Waals surface area (Å²) >= 11 is 5.98. The van der Waals surface area contributed by atoms with Gasteiger partial charge in [-0.25, -0.2) is 0 Å². The Bertz CT molecular complexity index is 639. The van der Waals surface area contributed by atoms with Crippen molar-refractivity contribution in [3.05, 3.63) is 69.2 Å². The molecule has 0 radical (unpaired) electrons. The molecule has 112 valence electrons. The standard InChI is InChI=1S/C18H22ClNO/c1-11-4-5-14(8-12(11)2)17(10-20)18(21)16-7-6-15(19)9-13(16)3/h4-9,17-18,21H,10,20H2,1-3H3. The summed E-state index contributed by atoms with van der Waals surface area (Å²) in [4.78, 5) is 0. The maximum atomic E-state index is 10.7. The largest absolute Gasteiger partial charge is 0.388 e. The van der Waals surface area contributed by atoms with Crippen molar-refractivity contribution in [1.29, 1.82) is 0 Å². The van der Waals surface area contributed by atoms with Crippen LogP contribution in [0.1, 0.15) is 39.8 Å². The Morgan fingerprint density at radius 1 is 1.00 bits per heavy atom. The molecule has 0 aliphatic heterocycles. The summed E-state index contributed by atoms with van der Waals surface area (Å²) in [5.74, 6) is -0.121. The first kappa shape index (κ1) is 16.0. The second-order valence-electron chi connectivity index (χ2n) is 5.63. The monoisotopic (exact) mass is 303 g/mol. The molecular weight excluding hydrogens is 282 g/mol. The van der Waals surface area contributed by atoms with Gasteiger partial charge in [-0.05, 0) is 60.7 Å². The average Bonchev–Trinajstić information content (AvgIpc) is 2.43. The Morgan fingerprint density at radius 3 is 2.29 bits per heavy atom. The predicted octanol–water partition coefficient (Wildman–Crippen LogP) is 4.04. The van der Waals surface area contributed by atoms with Gasteiger partial charge < -0.3 is 10.8 Å². The van der Waals surface area contributed by atoms with Gasteiger partial charge in [0.25, 0.3) is 0 Å². The molecule has 0 spiro atoms. The third-order valence-corrected chi connectivity index (χ3v) is 4.38. The van der Waals surface area contributed by atoms with Gasteiger partial charge in [0.1, 0.15) is 0 Å². The van der Waals surface area contributed by atoms with Crippen LogP contribution in [0.2, 0.25) is 5.02 Å². The minimum absolute atomic E-state index is 0.121. The first-order valence-electron chi connectivity index (χ1n) is 7.15. The van der Waals surface area contributed by atoms with Crippen LogP contribution >= 0.6 is 11.6 Å². The number of benzene rings is 2. The number of nitrogens with two attached hydrogens (primary N) is 1. The van der Waals surface area contributed by atoms with E-state index in [1.807, 2.05) is 25.1 Å². The summed E-state index contributed by atoms with van der Waals surface area (Å²) < 4.78 is 0. The van der Waals surface area contributed by atoms with Crippen molar-refractivity contribution in [1.82, 2.24) is 0 Å². The van der Waals surface area contributed by atoms with Gasteiger partial charge in [-0.15, -0.1) is 0 Å². The number of hydrogen-bond acceptors (Lipinski definition) is 2. The molecule has 2 aromatic rings. The van der Waals surface area contributed by atoms with Crippen molar-refractivity contribution in [2.75, 3.05) is 6.54 Å². The topological polar surface area (TPSA) is 46.2 Å². The molecule has 2 aromatic carbocycles. The van der Waals surface area contributed by atoms with Crippen molar-refractivity contribution in [3.63, 3.8) is 0 Å². The highest BCUT2D eigenvalue weighted by molar-refractivity contribution is 6.30. The highest BCUT2D eigenvalue weighted by Gasteiger charge is 2.23. The van der Waals surface area contributed by atoms with E-state index in [0.717, 1.165) is 16.7 Å². The molecular formula is C18H22ClNO. The minimum Gasteiger partial charge on any atom is -0.388 e. The van der Waals surface area contributed by atoms with Gasteiger partial charge in [-0.3, -0.25) is 0 Å². The first-order chi connectivity index (χ1) is 9.93. The molecule has 3 N–H and O–H groups in total. The van der Waals surface area contributed by atoms with E-state index in [-0.39, 0.29) is 5.92 Å². The number of aliphatic hydroxyl groups excluding tert-OH is 1. The second-order valence-corrected chi connectivity index (χ2v) is 6.07. The Hall–Kier alpha value is -1.35. The quantitative estimate of drug-likeness (QED) is 0.895. The van der Waals surface area contributed by atoms with Crippen LogP contribution in [0.3, 0.4) is 0 Å². The Balaban J connectivity index is 2.37. The lowest BCUT2D eigenvalue weighted by molar-refractivity contribution is 0.147. The molecule has 0 saturated heterocycles. The van der Waals surface area contributed by atoms with Crippen LogP contribution in [0, 0.1) is 20.8 Å². The first-order valence-corrected chi connectivity index (χ1v) is 7.53. The van der Waals surface area contributed by atoms with E-state index in [4.69, 9.17) is 17.3 Å². The van der Waals surface area contributed by atoms with Crippen molar-refractivity contribution < 1.29 is 5.11 Å². The highest BCUT2D eigenvalue weighted by atomic mass is 35.5. The zero-order valence-electron chi connectivity index (χ0n) is 12.7. The molecule has 0 saturated carbocycles. The van der Waals surface area contributed by atoms with Crippen LogP contribution in [-0.2, 0) is 0 Å². The zero-order chi connectivity index (χ0) is 15.6. The van der Waals surface area contributed by atoms with Gasteiger partial charge in [0.05, 0.1) is 6.10 Å². The maximum absolute atomic E-state index is 10.7. The fourth-order valence-corrected chi connectivity index (χ4v) is 2.86. The van der Waals surface area contributed by atoms with Crippen LogP contribution in [-0.4, -0.2) is 11.7 Å². The highest BCUT2D eigenvalue weighted by Crippen LogP contribution is 2.33. The van der Waals surface area contributed by atoms with Gasteiger partial charge in [0.15, 0.2) is 0 Å². The fraction of sp³-hybridized carbons (Fsp3) is 0.333. The Labute approximate surface area is 131 Å². The minimum atomic E-state index is -0.630. The fourth-order valence-electron chi connectivity index (χ4n) is 2.63. The molecule has 0 aliphatic rings. The molecule has 21 heavy (non-hydrogen) atoms. The number of hydrogen-bond donors (Lipinski definition) is 2.